The molecule has 0 aliphatic rings. The van der Waals surface area contributed by atoms with Crippen LogP contribution in [0.4, 0.5) is 0 Å². The van der Waals surface area contributed by atoms with Gasteiger partial charge in [-0.25, -0.2) is 19.7 Å². The maximum absolute atomic E-state index is 11.5. The van der Waals surface area contributed by atoms with Crippen LogP contribution in [0, 0.1) is 0 Å². The molecule has 0 bridgehead atoms. The molecule has 128 valence electrons. The predicted octanol–water partition coefficient (Wildman–Crippen LogP) is 4.98. The third-order valence-electron chi connectivity index (χ3n) is 2.71. The zero-order valence-electron chi connectivity index (χ0n) is 11.7. The third kappa shape index (κ3) is 4.75. The normalized spacial score (nSPS) is 12.1. The molecule has 2 rings (SSSR count). The van der Waals surface area contributed by atoms with E-state index in [1.165, 1.54) is 19.2 Å². The SMILES string of the molecule is COC(=O)c1ccc(-c2nc(C(Cl)(Cl)Cl)nc(C(Cl)(Cl)Cl)n2)cc1. The van der Waals surface area contributed by atoms with Crippen LogP contribution in [-0.4, -0.2) is 28.0 Å². The van der Waals surface area contributed by atoms with Crippen molar-refractivity contribution in [1.82, 2.24) is 15.0 Å². The largest absolute Gasteiger partial charge is 0.465 e. The first-order valence-electron chi connectivity index (χ1n) is 6.11. The van der Waals surface area contributed by atoms with Crippen molar-refractivity contribution < 1.29 is 9.53 Å². The van der Waals surface area contributed by atoms with Crippen molar-refractivity contribution in [3.63, 3.8) is 0 Å². The van der Waals surface area contributed by atoms with Crippen LogP contribution in [0.5, 0.6) is 0 Å². The highest BCUT2D eigenvalue weighted by atomic mass is 35.6. The number of carbonyl (C=O) groups excluding carboxylic acids is 1. The Bertz CT molecular complexity index is 724. The minimum atomic E-state index is -1.94. The van der Waals surface area contributed by atoms with Crippen LogP contribution in [0.2, 0.25) is 0 Å². The summed E-state index contributed by atoms with van der Waals surface area (Å²) >= 11 is 34.9. The van der Waals surface area contributed by atoms with Crippen molar-refractivity contribution >= 4 is 75.6 Å². The van der Waals surface area contributed by atoms with Crippen molar-refractivity contribution in [3.8, 4) is 11.4 Å². The lowest BCUT2D eigenvalue weighted by atomic mass is 10.1. The zero-order valence-corrected chi connectivity index (χ0v) is 16.3. The Morgan fingerprint density at radius 3 is 1.71 bits per heavy atom. The lowest BCUT2D eigenvalue weighted by Gasteiger charge is -2.15. The first-order valence-corrected chi connectivity index (χ1v) is 8.38. The van der Waals surface area contributed by atoms with Crippen LogP contribution < -0.4 is 0 Å². The van der Waals surface area contributed by atoms with Crippen molar-refractivity contribution in [2.45, 2.75) is 7.59 Å². The topological polar surface area (TPSA) is 65.0 Å². The highest BCUT2D eigenvalue weighted by Gasteiger charge is 2.34. The minimum Gasteiger partial charge on any atom is -0.465 e. The molecule has 0 aliphatic heterocycles. The fraction of sp³-hybridized carbons (Fsp3) is 0.231. The van der Waals surface area contributed by atoms with E-state index in [4.69, 9.17) is 69.6 Å². The second-order valence-electron chi connectivity index (χ2n) is 4.37. The Morgan fingerprint density at radius 1 is 0.875 bits per heavy atom. The number of alkyl halides is 6. The Labute approximate surface area is 167 Å². The number of ether oxygens (including phenoxy) is 1. The van der Waals surface area contributed by atoms with Gasteiger partial charge in [0, 0.05) is 5.56 Å². The van der Waals surface area contributed by atoms with E-state index >= 15 is 0 Å². The van der Waals surface area contributed by atoms with Crippen LogP contribution in [0.25, 0.3) is 11.4 Å². The molecule has 0 fully saturated rings. The van der Waals surface area contributed by atoms with Crippen molar-refractivity contribution in [3.05, 3.63) is 41.5 Å². The van der Waals surface area contributed by atoms with Gasteiger partial charge in [0.05, 0.1) is 12.7 Å². The molecule has 1 aromatic heterocycles. The van der Waals surface area contributed by atoms with Crippen LogP contribution in [0.15, 0.2) is 24.3 Å². The number of methoxy groups -OCH3 is 1. The number of carbonyl (C=O) groups is 1. The highest BCUT2D eigenvalue weighted by Crippen LogP contribution is 2.40. The molecule has 0 aliphatic carbocycles. The van der Waals surface area contributed by atoms with Crippen molar-refractivity contribution in [2.24, 2.45) is 0 Å². The van der Waals surface area contributed by atoms with Crippen LogP contribution in [0.1, 0.15) is 22.0 Å². The fourth-order valence-corrected chi connectivity index (χ4v) is 2.14. The first-order chi connectivity index (χ1) is 11.0. The molecule has 0 spiro atoms. The zero-order chi connectivity index (χ0) is 18.1. The van der Waals surface area contributed by atoms with Gasteiger partial charge >= 0.3 is 5.97 Å². The Balaban J connectivity index is 2.55. The number of benzene rings is 1. The molecule has 1 aromatic carbocycles. The van der Waals surface area contributed by atoms with E-state index in [2.05, 4.69) is 19.7 Å². The number of nitrogens with zero attached hydrogens (tertiary/aromatic N) is 3. The molecule has 0 N–H and O–H groups in total. The Hall–Kier alpha value is -0.560. The number of hydrogen-bond acceptors (Lipinski definition) is 5. The number of esters is 1. The Morgan fingerprint density at radius 2 is 1.33 bits per heavy atom. The fourth-order valence-electron chi connectivity index (χ4n) is 1.63. The summed E-state index contributed by atoms with van der Waals surface area (Å²) in [6.07, 6.45) is 0. The smallest absolute Gasteiger partial charge is 0.337 e. The molecule has 24 heavy (non-hydrogen) atoms. The lowest BCUT2D eigenvalue weighted by Crippen LogP contribution is -2.16. The molecule has 0 amide bonds. The summed E-state index contributed by atoms with van der Waals surface area (Å²) < 4.78 is 0.752. The summed E-state index contributed by atoms with van der Waals surface area (Å²) in [6, 6.07) is 6.20. The number of halogens is 6. The quantitative estimate of drug-likeness (QED) is 0.478. The van der Waals surface area contributed by atoms with Gasteiger partial charge < -0.3 is 4.74 Å². The van der Waals surface area contributed by atoms with Crippen molar-refractivity contribution in [1.29, 1.82) is 0 Å². The number of hydrogen-bond donors (Lipinski definition) is 0. The Kier molecular flexibility index (Phi) is 6.06. The maximum atomic E-state index is 11.5. The molecule has 0 saturated carbocycles. The molecule has 2 aromatic rings. The summed E-state index contributed by atoms with van der Waals surface area (Å²) in [5.74, 6) is -0.767. The van der Waals surface area contributed by atoms with Gasteiger partial charge in [0.25, 0.3) is 0 Å². The maximum Gasteiger partial charge on any atom is 0.337 e. The van der Waals surface area contributed by atoms with E-state index in [0.29, 0.717) is 11.1 Å². The molecule has 5 nitrogen and oxygen atoms in total. The minimum absolute atomic E-state index is 0.115. The van der Waals surface area contributed by atoms with Gasteiger partial charge in [-0.2, -0.15) is 0 Å². The van der Waals surface area contributed by atoms with Crippen molar-refractivity contribution in [2.75, 3.05) is 7.11 Å². The standard InChI is InChI=1S/C13H7Cl6N3O2/c1-24-9(23)7-4-2-6(3-5-7)8-20-10(12(14,15)16)22-11(21-8)13(17,18)19/h2-5H,1H3. The molecule has 11 heteroatoms. The number of rotatable bonds is 2. The van der Waals surface area contributed by atoms with E-state index < -0.39 is 13.6 Å². The average molecular weight is 450 g/mol. The van der Waals surface area contributed by atoms with Gasteiger partial charge in [-0.05, 0) is 12.1 Å². The van der Waals surface area contributed by atoms with Crippen LogP contribution >= 0.6 is 69.6 Å². The average Bonchev–Trinajstić information content (AvgIpc) is 2.52. The summed E-state index contributed by atoms with van der Waals surface area (Å²) in [4.78, 5) is 23.5. The first kappa shape index (κ1) is 19.8. The third-order valence-corrected chi connectivity index (χ3v) is 3.72. The summed E-state index contributed by atoms with van der Waals surface area (Å²) in [6.45, 7) is 0. The molecular formula is C13H7Cl6N3O2. The summed E-state index contributed by atoms with van der Waals surface area (Å²) in [7, 11) is 1.28. The van der Waals surface area contributed by atoms with E-state index in [-0.39, 0.29) is 17.5 Å². The molecule has 0 atom stereocenters. The monoisotopic (exact) mass is 447 g/mol. The van der Waals surface area contributed by atoms with Gasteiger partial charge in [-0.1, -0.05) is 81.7 Å². The molecule has 0 radical (unpaired) electrons. The molecule has 0 unspecified atom stereocenters. The van der Waals surface area contributed by atoms with E-state index in [1.807, 2.05) is 0 Å². The van der Waals surface area contributed by atoms with E-state index in [0.717, 1.165) is 0 Å². The second kappa shape index (κ2) is 7.36. The van der Waals surface area contributed by atoms with Gasteiger partial charge in [0.1, 0.15) is 0 Å². The summed E-state index contributed by atoms with van der Waals surface area (Å²) in [5.41, 5.74) is 0.842. The van der Waals surface area contributed by atoms with Crippen LogP contribution in [0.3, 0.4) is 0 Å². The lowest BCUT2D eigenvalue weighted by molar-refractivity contribution is 0.0601. The second-order valence-corrected chi connectivity index (χ2v) is 8.93. The van der Waals surface area contributed by atoms with Gasteiger partial charge in [-0.3, -0.25) is 0 Å². The van der Waals surface area contributed by atoms with Gasteiger partial charge in [-0.15, -0.1) is 0 Å². The van der Waals surface area contributed by atoms with E-state index in [9.17, 15) is 4.79 Å². The van der Waals surface area contributed by atoms with Gasteiger partial charge in [0.15, 0.2) is 17.5 Å². The predicted molar refractivity (Wildman–Crippen MR) is 95.1 cm³/mol. The number of aromatic nitrogens is 3. The summed E-state index contributed by atoms with van der Waals surface area (Å²) in [5, 5.41) is 0. The van der Waals surface area contributed by atoms with E-state index in [1.54, 1.807) is 12.1 Å². The molecular weight excluding hydrogens is 443 g/mol. The van der Waals surface area contributed by atoms with Gasteiger partial charge in [0.2, 0.25) is 7.59 Å². The molecule has 0 saturated heterocycles. The van der Waals surface area contributed by atoms with Crippen LogP contribution in [-0.2, 0) is 12.3 Å². The molecule has 1 heterocycles. The highest BCUT2D eigenvalue weighted by molar-refractivity contribution is 6.67.